The van der Waals surface area contributed by atoms with Gasteiger partial charge >= 0.3 is 0 Å². The van der Waals surface area contributed by atoms with Gasteiger partial charge in [-0.1, -0.05) is 12.1 Å². The molecule has 0 aliphatic carbocycles. The highest BCUT2D eigenvalue weighted by Crippen LogP contribution is 2.15. The van der Waals surface area contributed by atoms with Crippen LogP contribution in [0, 0.1) is 0 Å². The third-order valence-electron chi connectivity index (χ3n) is 3.31. The molecule has 1 unspecified atom stereocenters. The Morgan fingerprint density at radius 1 is 1.36 bits per heavy atom. The Kier molecular flexibility index (Phi) is 6.12. The fourth-order valence-electron chi connectivity index (χ4n) is 2.09. The Labute approximate surface area is 130 Å². The lowest BCUT2D eigenvalue weighted by atomic mass is 10.1. The van der Waals surface area contributed by atoms with Crippen molar-refractivity contribution in [1.29, 1.82) is 0 Å². The molecular weight excluding hydrogens is 280 g/mol. The summed E-state index contributed by atoms with van der Waals surface area (Å²) < 4.78 is 6.71. The number of ether oxygens (including phenoxy) is 1. The lowest BCUT2D eigenvalue weighted by molar-refractivity contribution is -0.120. The van der Waals surface area contributed by atoms with E-state index < -0.39 is 0 Å². The van der Waals surface area contributed by atoms with E-state index in [1.807, 2.05) is 43.5 Å². The minimum Gasteiger partial charge on any atom is -0.383 e. The second kappa shape index (κ2) is 8.31. The molecule has 0 saturated carbocycles. The van der Waals surface area contributed by atoms with Gasteiger partial charge in [0.15, 0.2) is 0 Å². The summed E-state index contributed by atoms with van der Waals surface area (Å²) in [7, 11) is 1.64. The summed E-state index contributed by atoms with van der Waals surface area (Å²) in [5, 5.41) is 10.2. The van der Waals surface area contributed by atoms with Gasteiger partial charge in [0.25, 0.3) is 0 Å². The Balaban J connectivity index is 1.84. The van der Waals surface area contributed by atoms with Crippen LogP contribution < -0.4 is 10.6 Å². The molecule has 0 aliphatic rings. The predicted molar refractivity (Wildman–Crippen MR) is 84.9 cm³/mol. The molecule has 0 fully saturated rings. The van der Waals surface area contributed by atoms with Gasteiger partial charge in [0, 0.05) is 26.0 Å². The van der Waals surface area contributed by atoms with Gasteiger partial charge in [-0.2, -0.15) is 5.10 Å². The van der Waals surface area contributed by atoms with Crippen molar-refractivity contribution in [2.75, 3.05) is 26.8 Å². The third-order valence-corrected chi connectivity index (χ3v) is 3.31. The summed E-state index contributed by atoms with van der Waals surface area (Å²) in [5.74, 6) is -0.0280. The molecule has 1 heterocycles. The van der Waals surface area contributed by atoms with Crippen LogP contribution in [-0.4, -0.2) is 42.5 Å². The molecule has 1 aromatic heterocycles. The summed E-state index contributed by atoms with van der Waals surface area (Å²) in [6, 6.07) is 9.82. The van der Waals surface area contributed by atoms with Gasteiger partial charge in [-0.15, -0.1) is 0 Å². The van der Waals surface area contributed by atoms with Crippen LogP contribution >= 0.6 is 0 Å². The molecule has 0 aliphatic heterocycles. The van der Waals surface area contributed by atoms with Crippen LogP contribution in [0.4, 0.5) is 0 Å². The summed E-state index contributed by atoms with van der Waals surface area (Å²) in [4.78, 5) is 11.8. The summed E-state index contributed by atoms with van der Waals surface area (Å²) in [6.07, 6.45) is 3.64. The average molecular weight is 302 g/mol. The van der Waals surface area contributed by atoms with Crippen LogP contribution in [0.2, 0.25) is 0 Å². The smallest absolute Gasteiger partial charge is 0.234 e. The number of carbonyl (C=O) groups excluding carboxylic acids is 1. The second-order valence-corrected chi connectivity index (χ2v) is 5.00. The van der Waals surface area contributed by atoms with E-state index >= 15 is 0 Å². The highest BCUT2D eigenvalue weighted by molar-refractivity contribution is 5.78. The van der Waals surface area contributed by atoms with Crippen molar-refractivity contribution in [1.82, 2.24) is 20.4 Å². The van der Waals surface area contributed by atoms with Crippen LogP contribution in [0.5, 0.6) is 0 Å². The molecule has 6 nitrogen and oxygen atoms in total. The first kappa shape index (κ1) is 16.2. The van der Waals surface area contributed by atoms with Crippen molar-refractivity contribution in [3.05, 3.63) is 48.3 Å². The van der Waals surface area contributed by atoms with Gasteiger partial charge in [-0.25, -0.2) is 4.68 Å². The number of nitrogens with zero attached hydrogens (tertiary/aromatic N) is 2. The highest BCUT2D eigenvalue weighted by atomic mass is 16.5. The van der Waals surface area contributed by atoms with Crippen LogP contribution in [0.3, 0.4) is 0 Å². The van der Waals surface area contributed by atoms with Crippen molar-refractivity contribution >= 4 is 5.91 Å². The van der Waals surface area contributed by atoms with Crippen LogP contribution in [-0.2, 0) is 9.53 Å². The molecule has 0 saturated heterocycles. The van der Waals surface area contributed by atoms with E-state index in [0.717, 1.165) is 11.3 Å². The van der Waals surface area contributed by atoms with E-state index in [9.17, 15) is 4.79 Å². The number of methoxy groups -OCH3 is 1. The average Bonchev–Trinajstić information content (AvgIpc) is 3.06. The molecule has 0 spiro atoms. The fraction of sp³-hybridized carbons (Fsp3) is 0.375. The lowest BCUT2D eigenvalue weighted by Gasteiger charge is -2.15. The maximum absolute atomic E-state index is 11.8. The molecule has 1 aromatic carbocycles. The number of aromatic nitrogens is 2. The molecule has 1 atom stereocenters. The molecule has 2 rings (SSSR count). The topological polar surface area (TPSA) is 68.2 Å². The minimum atomic E-state index is -0.0385. The van der Waals surface area contributed by atoms with Crippen LogP contribution in [0.25, 0.3) is 5.69 Å². The van der Waals surface area contributed by atoms with Crippen LogP contribution in [0.1, 0.15) is 18.5 Å². The molecule has 22 heavy (non-hydrogen) atoms. The van der Waals surface area contributed by atoms with Crippen molar-refractivity contribution in [3.63, 3.8) is 0 Å². The van der Waals surface area contributed by atoms with Gasteiger partial charge in [-0.05, 0) is 30.7 Å². The molecular formula is C16H22N4O2. The first-order valence-corrected chi connectivity index (χ1v) is 7.29. The quantitative estimate of drug-likeness (QED) is 0.721. The maximum Gasteiger partial charge on any atom is 0.234 e. The standard InChI is InChI=1S/C16H22N4O2/c1-13(19-16(21)12-17-9-11-22-2)14-4-6-15(7-5-14)20-10-3-8-18-20/h3-8,10,13,17H,9,11-12H2,1-2H3,(H,19,21). The van der Waals surface area contributed by atoms with Gasteiger partial charge < -0.3 is 15.4 Å². The van der Waals surface area contributed by atoms with E-state index in [2.05, 4.69) is 15.7 Å². The van der Waals surface area contributed by atoms with E-state index in [4.69, 9.17) is 4.74 Å². The van der Waals surface area contributed by atoms with Gasteiger partial charge in [0.2, 0.25) is 5.91 Å². The second-order valence-electron chi connectivity index (χ2n) is 5.00. The first-order chi connectivity index (χ1) is 10.7. The third kappa shape index (κ3) is 4.68. The Bertz CT molecular complexity index is 566. The maximum atomic E-state index is 11.8. The molecule has 6 heteroatoms. The molecule has 0 radical (unpaired) electrons. The fourth-order valence-corrected chi connectivity index (χ4v) is 2.09. The van der Waals surface area contributed by atoms with Crippen molar-refractivity contribution in [3.8, 4) is 5.69 Å². The van der Waals surface area contributed by atoms with Gasteiger partial charge in [-0.3, -0.25) is 4.79 Å². The number of benzene rings is 1. The number of amides is 1. The SMILES string of the molecule is COCCNCC(=O)NC(C)c1ccc(-n2cccn2)cc1. The Hall–Kier alpha value is -2.18. The van der Waals surface area contributed by atoms with E-state index in [1.165, 1.54) is 0 Å². The lowest BCUT2D eigenvalue weighted by Crippen LogP contribution is -2.36. The number of hydrogen-bond donors (Lipinski definition) is 2. The predicted octanol–water partition coefficient (Wildman–Crippen LogP) is 1.29. The zero-order valence-electron chi connectivity index (χ0n) is 13.0. The van der Waals surface area contributed by atoms with E-state index in [-0.39, 0.29) is 11.9 Å². The van der Waals surface area contributed by atoms with Crippen molar-refractivity contribution < 1.29 is 9.53 Å². The Morgan fingerprint density at radius 2 is 2.14 bits per heavy atom. The van der Waals surface area contributed by atoms with Gasteiger partial charge in [0.05, 0.1) is 24.9 Å². The van der Waals surface area contributed by atoms with Gasteiger partial charge in [0.1, 0.15) is 0 Å². The zero-order chi connectivity index (χ0) is 15.8. The highest BCUT2D eigenvalue weighted by Gasteiger charge is 2.09. The van der Waals surface area contributed by atoms with Crippen molar-refractivity contribution in [2.24, 2.45) is 0 Å². The number of hydrogen-bond acceptors (Lipinski definition) is 4. The van der Waals surface area contributed by atoms with E-state index in [1.54, 1.807) is 18.0 Å². The van der Waals surface area contributed by atoms with Crippen LogP contribution in [0.15, 0.2) is 42.7 Å². The minimum absolute atomic E-state index is 0.0280. The molecule has 2 N–H and O–H groups in total. The summed E-state index contributed by atoms with van der Waals surface area (Å²) in [6.45, 7) is 3.52. The molecule has 118 valence electrons. The monoisotopic (exact) mass is 302 g/mol. The normalized spacial score (nSPS) is 12.1. The number of nitrogens with one attached hydrogen (secondary N) is 2. The van der Waals surface area contributed by atoms with Crippen molar-refractivity contribution in [2.45, 2.75) is 13.0 Å². The zero-order valence-corrected chi connectivity index (χ0v) is 13.0. The molecule has 1 amide bonds. The Morgan fingerprint density at radius 3 is 2.77 bits per heavy atom. The number of carbonyl (C=O) groups is 1. The molecule has 0 bridgehead atoms. The number of rotatable bonds is 8. The largest absolute Gasteiger partial charge is 0.383 e. The summed E-state index contributed by atoms with van der Waals surface area (Å²) >= 11 is 0. The summed E-state index contributed by atoms with van der Waals surface area (Å²) in [5.41, 5.74) is 2.05. The molecule has 2 aromatic rings. The first-order valence-electron chi connectivity index (χ1n) is 7.29. The van der Waals surface area contributed by atoms with E-state index in [0.29, 0.717) is 19.7 Å².